The molecule has 0 saturated heterocycles. The van der Waals surface area contributed by atoms with Crippen LogP contribution in [0.3, 0.4) is 0 Å². The first-order valence-corrected chi connectivity index (χ1v) is 7.87. The predicted molar refractivity (Wildman–Crippen MR) is 91.4 cm³/mol. The Morgan fingerprint density at radius 1 is 1.24 bits per heavy atom. The number of carbonyl (C=O) groups excluding carboxylic acids is 1. The van der Waals surface area contributed by atoms with Gasteiger partial charge in [0.15, 0.2) is 0 Å². The van der Waals surface area contributed by atoms with Crippen molar-refractivity contribution in [2.24, 2.45) is 11.7 Å². The van der Waals surface area contributed by atoms with E-state index in [9.17, 15) is 4.79 Å². The molecule has 0 radical (unpaired) electrons. The van der Waals surface area contributed by atoms with E-state index in [4.69, 9.17) is 5.73 Å². The number of halogens is 1. The zero-order valence-corrected chi connectivity index (χ0v) is 14.2. The number of hydrogen-bond acceptors (Lipinski definition) is 2. The first kappa shape index (κ1) is 16.0. The van der Waals surface area contributed by atoms with Crippen LogP contribution in [0.15, 0.2) is 40.9 Å². The summed E-state index contributed by atoms with van der Waals surface area (Å²) in [4.78, 5) is 12.5. The SMILES string of the molecule is CC(C)C(C)(CN)NC(=O)c1ccc2cc(Br)ccc2c1. The Bertz CT molecular complexity index is 669. The van der Waals surface area contributed by atoms with E-state index in [1.165, 1.54) is 0 Å². The Hall–Kier alpha value is -1.39. The molecule has 4 heteroatoms. The summed E-state index contributed by atoms with van der Waals surface area (Å²) >= 11 is 3.45. The van der Waals surface area contributed by atoms with Crippen molar-refractivity contribution < 1.29 is 4.79 Å². The van der Waals surface area contributed by atoms with Gasteiger partial charge in [0.05, 0.1) is 5.54 Å². The Labute approximate surface area is 134 Å². The molecule has 0 heterocycles. The summed E-state index contributed by atoms with van der Waals surface area (Å²) in [6.45, 7) is 6.51. The summed E-state index contributed by atoms with van der Waals surface area (Å²) in [5, 5.41) is 5.21. The Morgan fingerprint density at radius 3 is 2.48 bits per heavy atom. The second-order valence-electron chi connectivity index (χ2n) is 5.94. The van der Waals surface area contributed by atoms with Crippen LogP contribution in [-0.4, -0.2) is 18.0 Å². The largest absolute Gasteiger partial charge is 0.345 e. The van der Waals surface area contributed by atoms with Crippen molar-refractivity contribution in [3.63, 3.8) is 0 Å². The zero-order chi connectivity index (χ0) is 15.6. The molecule has 0 aromatic heterocycles. The maximum Gasteiger partial charge on any atom is 0.251 e. The van der Waals surface area contributed by atoms with E-state index in [2.05, 4.69) is 35.1 Å². The monoisotopic (exact) mass is 348 g/mol. The van der Waals surface area contributed by atoms with Crippen LogP contribution in [0, 0.1) is 5.92 Å². The van der Waals surface area contributed by atoms with Gasteiger partial charge in [-0.2, -0.15) is 0 Å². The molecule has 1 unspecified atom stereocenters. The van der Waals surface area contributed by atoms with Gasteiger partial charge in [-0.15, -0.1) is 0 Å². The zero-order valence-electron chi connectivity index (χ0n) is 12.6. The molecule has 0 aliphatic carbocycles. The molecule has 0 saturated carbocycles. The van der Waals surface area contributed by atoms with Gasteiger partial charge in [0.1, 0.15) is 0 Å². The summed E-state index contributed by atoms with van der Waals surface area (Å²) in [6, 6.07) is 11.7. The molecule has 0 aliphatic rings. The van der Waals surface area contributed by atoms with Crippen molar-refractivity contribution in [2.75, 3.05) is 6.54 Å². The van der Waals surface area contributed by atoms with Gasteiger partial charge in [-0.3, -0.25) is 4.79 Å². The van der Waals surface area contributed by atoms with Crippen molar-refractivity contribution in [1.82, 2.24) is 5.32 Å². The minimum atomic E-state index is -0.397. The molecule has 21 heavy (non-hydrogen) atoms. The molecule has 0 bridgehead atoms. The van der Waals surface area contributed by atoms with Crippen molar-refractivity contribution in [2.45, 2.75) is 26.3 Å². The van der Waals surface area contributed by atoms with E-state index in [1.807, 2.05) is 43.3 Å². The van der Waals surface area contributed by atoms with E-state index in [-0.39, 0.29) is 11.8 Å². The molecule has 1 atom stereocenters. The topological polar surface area (TPSA) is 55.1 Å². The van der Waals surface area contributed by atoms with Gasteiger partial charge >= 0.3 is 0 Å². The van der Waals surface area contributed by atoms with Crippen LogP contribution in [-0.2, 0) is 0 Å². The Morgan fingerprint density at radius 2 is 1.86 bits per heavy atom. The maximum absolute atomic E-state index is 12.5. The van der Waals surface area contributed by atoms with Gasteiger partial charge < -0.3 is 11.1 Å². The molecule has 3 N–H and O–H groups in total. The third-order valence-corrected chi connectivity index (χ3v) is 4.66. The summed E-state index contributed by atoms with van der Waals surface area (Å²) in [5.41, 5.74) is 6.08. The van der Waals surface area contributed by atoms with Gasteiger partial charge in [-0.25, -0.2) is 0 Å². The molecule has 0 aliphatic heterocycles. The van der Waals surface area contributed by atoms with Crippen LogP contribution in [0.1, 0.15) is 31.1 Å². The first-order valence-electron chi connectivity index (χ1n) is 7.07. The standard InChI is InChI=1S/C17H21BrN2O/c1-11(2)17(3,10-19)20-16(21)14-5-4-13-9-15(18)7-6-12(13)8-14/h4-9,11H,10,19H2,1-3H3,(H,20,21). The predicted octanol–water partition coefficient (Wildman–Crippen LogP) is 3.71. The summed E-state index contributed by atoms with van der Waals surface area (Å²) in [7, 11) is 0. The molecule has 1 amide bonds. The van der Waals surface area contributed by atoms with Crippen molar-refractivity contribution in [1.29, 1.82) is 0 Å². The highest BCUT2D eigenvalue weighted by atomic mass is 79.9. The normalized spacial score (nSPS) is 14.2. The van der Waals surface area contributed by atoms with Gasteiger partial charge in [0, 0.05) is 16.6 Å². The molecule has 2 aromatic rings. The number of carbonyl (C=O) groups is 1. The van der Waals surface area contributed by atoms with E-state index < -0.39 is 5.54 Å². The maximum atomic E-state index is 12.5. The lowest BCUT2D eigenvalue weighted by molar-refractivity contribution is 0.0883. The van der Waals surface area contributed by atoms with Crippen LogP contribution in [0.2, 0.25) is 0 Å². The smallest absolute Gasteiger partial charge is 0.251 e. The number of fused-ring (bicyclic) bond motifs is 1. The van der Waals surface area contributed by atoms with E-state index in [1.54, 1.807) is 0 Å². The van der Waals surface area contributed by atoms with Crippen molar-refractivity contribution in [3.8, 4) is 0 Å². The summed E-state index contributed by atoms with van der Waals surface area (Å²) in [5.74, 6) is 0.185. The van der Waals surface area contributed by atoms with E-state index >= 15 is 0 Å². The minimum Gasteiger partial charge on any atom is -0.345 e. The van der Waals surface area contributed by atoms with E-state index in [0.29, 0.717) is 12.1 Å². The van der Waals surface area contributed by atoms with E-state index in [0.717, 1.165) is 15.2 Å². The van der Waals surface area contributed by atoms with Gasteiger partial charge in [-0.05, 0) is 47.9 Å². The van der Waals surface area contributed by atoms with Crippen LogP contribution >= 0.6 is 15.9 Å². The second kappa shape index (κ2) is 6.16. The highest BCUT2D eigenvalue weighted by Gasteiger charge is 2.28. The third-order valence-electron chi connectivity index (χ3n) is 4.16. The van der Waals surface area contributed by atoms with Crippen LogP contribution in [0.4, 0.5) is 0 Å². The summed E-state index contributed by atoms with van der Waals surface area (Å²) in [6.07, 6.45) is 0. The third kappa shape index (κ3) is 3.44. The summed E-state index contributed by atoms with van der Waals surface area (Å²) < 4.78 is 1.03. The quantitative estimate of drug-likeness (QED) is 0.884. The van der Waals surface area contributed by atoms with Crippen LogP contribution < -0.4 is 11.1 Å². The fourth-order valence-corrected chi connectivity index (χ4v) is 2.50. The lowest BCUT2D eigenvalue weighted by Crippen LogP contribution is -2.55. The number of benzene rings is 2. The average Bonchev–Trinajstić information content (AvgIpc) is 2.46. The van der Waals surface area contributed by atoms with Crippen molar-refractivity contribution >= 4 is 32.6 Å². The minimum absolute atomic E-state index is 0.0820. The van der Waals surface area contributed by atoms with Crippen molar-refractivity contribution in [3.05, 3.63) is 46.4 Å². The van der Waals surface area contributed by atoms with Crippen LogP contribution in [0.25, 0.3) is 10.8 Å². The van der Waals surface area contributed by atoms with Gasteiger partial charge in [0.2, 0.25) is 0 Å². The van der Waals surface area contributed by atoms with Gasteiger partial charge in [-0.1, -0.05) is 41.9 Å². The fourth-order valence-electron chi connectivity index (χ4n) is 2.12. The second-order valence-corrected chi connectivity index (χ2v) is 6.85. The number of hydrogen-bond donors (Lipinski definition) is 2. The number of nitrogens with one attached hydrogen (secondary N) is 1. The lowest BCUT2D eigenvalue weighted by atomic mass is 9.88. The lowest BCUT2D eigenvalue weighted by Gasteiger charge is -2.33. The Balaban J connectivity index is 2.29. The molecule has 0 fully saturated rings. The number of amides is 1. The fraction of sp³-hybridized carbons (Fsp3) is 0.353. The highest BCUT2D eigenvalue weighted by Crippen LogP contribution is 2.22. The van der Waals surface area contributed by atoms with Crippen LogP contribution in [0.5, 0.6) is 0 Å². The molecule has 2 aromatic carbocycles. The molecule has 0 spiro atoms. The molecule has 3 nitrogen and oxygen atoms in total. The molecule has 112 valence electrons. The molecular weight excluding hydrogens is 328 g/mol. The molecular formula is C17H21BrN2O. The first-order chi connectivity index (χ1) is 9.85. The average molecular weight is 349 g/mol. The highest BCUT2D eigenvalue weighted by molar-refractivity contribution is 9.10. The van der Waals surface area contributed by atoms with Gasteiger partial charge in [0.25, 0.3) is 5.91 Å². The Kier molecular flexibility index (Phi) is 4.69. The molecule has 2 rings (SSSR count). The number of nitrogens with two attached hydrogens (primary N) is 1. The number of rotatable bonds is 4.